The molecule has 0 radical (unpaired) electrons. The standard InChI is InChI=1S/C23H23N5O3/c1-14-6-9-24-18(12-14)26-22(29)15-7-10-28(11-8-15)13-19-25-20-16-4-2-3-5-17(16)31-21(20)23(30)27-19/h2-6,9,12,15H,7-8,10-11,13H2,1H3,(H,24,26,29)(H,25,27,30). The van der Waals surface area contributed by atoms with E-state index in [0.717, 1.165) is 36.9 Å². The van der Waals surface area contributed by atoms with Gasteiger partial charge in [-0.25, -0.2) is 9.97 Å². The molecule has 1 aliphatic rings. The number of fused-ring (bicyclic) bond motifs is 3. The lowest BCUT2D eigenvalue weighted by Crippen LogP contribution is -2.38. The summed E-state index contributed by atoms with van der Waals surface area (Å²) in [6.07, 6.45) is 3.19. The summed E-state index contributed by atoms with van der Waals surface area (Å²) in [5.74, 6) is 1.16. The molecule has 4 heterocycles. The number of aromatic amines is 1. The fraction of sp³-hybridized carbons (Fsp3) is 0.304. The molecule has 1 aliphatic heterocycles. The minimum absolute atomic E-state index is 0.00979. The molecule has 0 atom stereocenters. The van der Waals surface area contributed by atoms with Gasteiger partial charge in [0.2, 0.25) is 11.5 Å². The van der Waals surface area contributed by atoms with Crippen LogP contribution in [0.5, 0.6) is 0 Å². The van der Waals surface area contributed by atoms with Gasteiger partial charge in [0.15, 0.2) is 0 Å². The number of aryl methyl sites for hydroxylation is 1. The van der Waals surface area contributed by atoms with Crippen LogP contribution in [-0.4, -0.2) is 38.8 Å². The fourth-order valence-corrected chi connectivity index (χ4v) is 4.12. The third-order valence-electron chi connectivity index (χ3n) is 5.78. The van der Waals surface area contributed by atoms with Crippen LogP contribution in [0.2, 0.25) is 0 Å². The average Bonchev–Trinajstić information content (AvgIpc) is 3.14. The number of nitrogens with zero attached hydrogens (tertiary/aromatic N) is 3. The Balaban J connectivity index is 1.25. The van der Waals surface area contributed by atoms with E-state index in [-0.39, 0.29) is 23.0 Å². The molecule has 1 aromatic carbocycles. The number of nitrogens with one attached hydrogen (secondary N) is 2. The first kappa shape index (κ1) is 19.4. The largest absolute Gasteiger partial charge is 0.449 e. The number of amides is 1. The quantitative estimate of drug-likeness (QED) is 0.528. The van der Waals surface area contributed by atoms with E-state index in [1.807, 2.05) is 43.3 Å². The first-order valence-corrected chi connectivity index (χ1v) is 10.4. The number of hydrogen-bond donors (Lipinski definition) is 2. The highest BCUT2D eigenvalue weighted by molar-refractivity contribution is 6.01. The van der Waals surface area contributed by atoms with Crippen LogP contribution >= 0.6 is 0 Å². The van der Waals surface area contributed by atoms with Crippen molar-refractivity contribution in [2.75, 3.05) is 18.4 Å². The minimum Gasteiger partial charge on any atom is -0.449 e. The summed E-state index contributed by atoms with van der Waals surface area (Å²) in [6, 6.07) is 11.3. The van der Waals surface area contributed by atoms with E-state index in [1.165, 1.54) is 0 Å². The van der Waals surface area contributed by atoms with Gasteiger partial charge in [-0.15, -0.1) is 0 Å². The molecule has 0 spiro atoms. The van der Waals surface area contributed by atoms with Crippen LogP contribution in [0.15, 0.2) is 51.8 Å². The van der Waals surface area contributed by atoms with Crippen molar-refractivity contribution in [3.8, 4) is 0 Å². The lowest BCUT2D eigenvalue weighted by molar-refractivity contribution is -0.121. The Morgan fingerprint density at radius 1 is 1.26 bits per heavy atom. The van der Waals surface area contributed by atoms with E-state index in [2.05, 4.69) is 25.2 Å². The van der Waals surface area contributed by atoms with Crippen molar-refractivity contribution in [2.45, 2.75) is 26.3 Å². The molecule has 1 saturated heterocycles. The Labute approximate surface area is 178 Å². The first-order chi connectivity index (χ1) is 15.1. The van der Waals surface area contributed by atoms with Gasteiger partial charge in [-0.05, 0) is 62.7 Å². The lowest BCUT2D eigenvalue weighted by Gasteiger charge is -2.30. The third-order valence-corrected chi connectivity index (χ3v) is 5.78. The van der Waals surface area contributed by atoms with Crippen molar-refractivity contribution < 1.29 is 9.21 Å². The second-order valence-electron chi connectivity index (χ2n) is 8.05. The summed E-state index contributed by atoms with van der Waals surface area (Å²) in [4.78, 5) is 39.0. The fourth-order valence-electron chi connectivity index (χ4n) is 4.12. The number of carbonyl (C=O) groups is 1. The topological polar surface area (TPSA) is 104 Å². The molecule has 1 fully saturated rings. The number of rotatable bonds is 4. The van der Waals surface area contributed by atoms with E-state index >= 15 is 0 Å². The van der Waals surface area contributed by atoms with E-state index in [0.29, 0.717) is 29.3 Å². The number of carbonyl (C=O) groups excluding carboxylic acids is 1. The minimum atomic E-state index is -0.267. The van der Waals surface area contributed by atoms with Crippen LogP contribution in [0.25, 0.3) is 22.1 Å². The highest BCUT2D eigenvalue weighted by atomic mass is 16.3. The van der Waals surface area contributed by atoms with Gasteiger partial charge >= 0.3 is 0 Å². The Morgan fingerprint density at radius 2 is 2.06 bits per heavy atom. The Hall–Kier alpha value is -3.52. The summed E-state index contributed by atoms with van der Waals surface area (Å²) in [5.41, 5.74) is 2.29. The monoisotopic (exact) mass is 417 g/mol. The van der Waals surface area contributed by atoms with Gasteiger partial charge in [-0.1, -0.05) is 12.1 Å². The predicted molar refractivity (Wildman–Crippen MR) is 118 cm³/mol. The number of furan rings is 1. The zero-order chi connectivity index (χ0) is 21.4. The van der Waals surface area contributed by atoms with Crippen LogP contribution < -0.4 is 10.9 Å². The maximum atomic E-state index is 12.6. The molecule has 0 aliphatic carbocycles. The molecule has 8 heteroatoms. The molecule has 5 rings (SSSR count). The van der Waals surface area contributed by atoms with Gasteiger partial charge in [0.25, 0.3) is 5.56 Å². The second kappa shape index (κ2) is 7.96. The predicted octanol–water partition coefficient (Wildman–Crippen LogP) is 3.22. The number of anilines is 1. The maximum absolute atomic E-state index is 12.6. The molecule has 1 amide bonds. The van der Waals surface area contributed by atoms with Gasteiger partial charge in [0.05, 0.1) is 6.54 Å². The molecule has 8 nitrogen and oxygen atoms in total. The molecule has 0 unspecified atom stereocenters. The number of pyridine rings is 1. The molecule has 158 valence electrons. The highest BCUT2D eigenvalue weighted by Crippen LogP contribution is 2.25. The number of piperidine rings is 1. The first-order valence-electron chi connectivity index (χ1n) is 10.4. The van der Waals surface area contributed by atoms with E-state index < -0.39 is 0 Å². The van der Waals surface area contributed by atoms with Crippen LogP contribution in [0.1, 0.15) is 24.2 Å². The summed E-state index contributed by atoms with van der Waals surface area (Å²) >= 11 is 0. The Bertz CT molecular complexity index is 1320. The number of benzene rings is 1. The zero-order valence-electron chi connectivity index (χ0n) is 17.2. The van der Waals surface area contributed by atoms with Gasteiger partial charge in [-0.3, -0.25) is 14.5 Å². The van der Waals surface area contributed by atoms with Crippen LogP contribution in [-0.2, 0) is 11.3 Å². The molecule has 31 heavy (non-hydrogen) atoms. The molecule has 0 saturated carbocycles. The number of likely N-dealkylation sites (tertiary alicyclic amines) is 1. The molecule has 0 bridgehead atoms. The van der Waals surface area contributed by atoms with Crippen molar-refractivity contribution in [2.24, 2.45) is 5.92 Å². The summed E-state index contributed by atoms with van der Waals surface area (Å²) < 4.78 is 5.66. The SMILES string of the molecule is Cc1ccnc(NC(=O)C2CCN(Cc3nc4c(oc5ccccc54)c(=O)[nH]3)CC2)c1. The molecular weight excluding hydrogens is 394 g/mol. The van der Waals surface area contributed by atoms with Crippen LogP contribution in [0, 0.1) is 12.8 Å². The lowest BCUT2D eigenvalue weighted by atomic mass is 9.96. The van der Waals surface area contributed by atoms with Gasteiger partial charge < -0.3 is 14.7 Å². The zero-order valence-corrected chi connectivity index (χ0v) is 17.2. The number of H-pyrrole nitrogens is 1. The average molecular weight is 417 g/mol. The number of para-hydroxylation sites is 1. The second-order valence-corrected chi connectivity index (χ2v) is 8.05. The number of hydrogen-bond acceptors (Lipinski definition) is 6. The molecule has 4 aromatic rings. The van der Waals surface area contributed by atoms with Gasteiger partial charge in [0.1, 0.15) is 22.7 Å². The van der Waals surface area contributed by atoms with Crippen molar-refractivity contribution in [1.82, 2.24) is 19.9 Å². The normalized spacial score (nSPS) is 15.5. The van der Waals surface area contributed by atoms with Crippen molar-refractivity contribution in [1.29, 1.82) is 0 Å². The molecule has 3 aromatic heterocycles. The Morgan fingerprint density at radius 3 is 2.87 bits per heavy atom. The van der Waals surface area contributed by atoms with Crippen molar-refractivity contribution in [3.63, 3.8) is 0 Å². The summed E-state index contributed by atoms with van der Waals surface area (Å²) in [5, 5.41) is 3.76. The van der Waals surface area contributed by atoms with Gasteiger partial charge in [-0.2, -0.15) is 0 Å². The van der Waals surface area contributed by atoms with Crippen molar-refractivity contribution in [3.05, 3.63) is 64.3 Å². The van der Waals surface area contributed by atoms with Crippen LogP contribution in [0.4, 0.5) is 5.82 Å². The molecular formula is C23H23N5O3. The van der Waals surface area contributed by atoms with Crippen molar-refractivity contribution >= 4 is 33.8 Å². The van der Waals surface area contributed by atoms with E-state index in [1.54, 1.807) is 6.20 Å². The third kappa shape index (κ3) is 3.94. The van der Waals surface area contributed by atoms with Gasteiger partial charge in [0, 0.05) is 17.5 Å². The maximum Gasteiger partial charge on any atom is 0.294 e. The van der Waals surface area contributed by atoms with Crippen LogP contribution in [0.3, 0.4) is 0 Å². The summed E-state index contributed by atoms with van der Waals surface area (Å²) in [7, 11) is 0. The van der Waals surface area contributed by atoms with E-state index in [4.69, 9.17) is 4.42 Å². The Kier molecular flexibility index (Phi) is 4.99. The molecule has 2 N–H and O–H groups in total. The van der Waals surface area contributed by atoms with E-state index in [9.17, 15) is 9.59 Å². The smallest absolute Gasteiger partial charge is 0.294 e. The highest BCUT2D eigenvalue weighted by Gasteiger charge is 2.26. The number of aromatic nitrogens is 3. The summed E-state index contributed by atoms with van der Waals surface area (Å²) in [6.45, 7) is 4.01.